The molecule has 0 spiro atoms. The van der Waals surface area contributed by atoms with Crippen molar-refractivity contribution in [3.05, 3.63) is 93.2 Å². The van der Waals surface area contributed by atoms with Crippen molar-refractivity contribution in [2.75, 3.05) is 4.90 Å². The molecule has 29 heavy (non-hydrogen) atoms. The number of halogens is 2. The summed E-state index contributed by atoms with van der Waals surface area (Å²) in [5.74, 6) is -1.16. The van der Waals surface area contributed by atoms with Crippen molar-refractivity contribution in [2.45, 2.75) is 13.1 Å². The van der Waals surface area contributed by atoms with Crippen LogP contribution in [0.5, 0.6) is 5.75 Å². The van der Waals surface area contributed by atoms with E-state index < -0.39 is 11.6 Å². The molecule has 3 heterocycles. The molecule has 0 amide bonds. The Balaban J connectivity index is 1.69. The highest BCUT2D eigenvalue weighted by atomic mass is 35.5. The van der Waals surface area contributed by atoms with E-state index >= 15 is 0 Å². The third-order valence-electron chi connectivity index (χ3n) is 5.20. The Labute approximate surface area is 170 Å². The van der Waals surface area contributed by atoms with E-state index in [9.17, 15) is 14.3 Å². The molecular formula is C22H15ClFN3O2. The predicted molar refractivity (Wildman–Crippen MR) is 110 cm³/mol. The van der Waals surface area contributed by atoms with Gasteiger partial charge in [0, 0.05) is 42.1 Å². The van der Waals surface area contributed by atoms with E-state index in [4.69, 9.17) is 11.6 Å². The Kier molecular flexibility index (Phi) is 4.03. The molecule has 0 fully saturated rings. The van der Waals surface area contributed by atoms with Crippen LogP contribution < -0.4 is 10.3 Å². The highest BCUT2D eigenvalue weighted by Gasteiger charge is 2.23. The predicted octanol–water partition coefficient (Wildman–Crippen LogP) is 4.40. The second-order valence-corrected chi connectivity index (χ2v) is 7.38. The molecule has 0 bridgehead atoms. The molecule has 2 aromatic carbocycles. The van der Waals surface area contributed by atoms with Crippen molar-refractivity contribution in [3.63, 3.8) is 0 Å². The Morgan fingerprint density at radius 3 is 2.76 bits per heavy atom. The number of fused-ring (bicyclic) bond motifs is 2. The van der Waals surface area contributed by atoms with Crippen molar-refractivity contribution in [1.82, 2.24) is 9.55 Å². The zero-order valence-electron chi connectivity index (χ0n) is 15.1. The maximum atomic E-state index is 13.9. The molecule has 0 saturated heterocycles. The standard InChI is InChI=1S/C22H15ClFN3O2/c23-16-9-15-19(10-20(16)26-11-13-2-1-6-25-18(13)12-26)27(7-5-21(15)28)14-3-4-22(29)17(24)8-14/h1-10,29H,11-12H2. The Bertz CT molecular complexity index is 1310. The highest BCUT2D eigenvalue weighted by molar-refractivity contribution is 6.34. The molecule has 0 unspecified atom stereocenters. The van der Waals surface area contributed by atoms with E-state index in [1.807, 2.05) is 18.2 Å². The van der Waals surface area contributed by atoms with Gasteiger partial charge in [-0.05, 0) is 35.9 Å². The topological polar surface area (TPSA) is 58.4 Å². The van der Waals surface area contributed by atoms with Crippen molar-refractivity contribution in [1.29, 1.82) is 0 Å². The monoisotopic (exact) mass is 407 g/mol. The Hall–Kier alpha value is -3.38. The summed E-state index contributed by atoms with van der Waals surface area (Å²) in [6.07, 6.45) is 3.36. The van der Waals surface area contributed by atoms with Crippen molar-refractivity contribution in [3.8, 4) is 11.4 Å². The summed E-state index contributed by atoms with van der Waals surface area (Å²) < 4.78 is 15.6. The minimum Gasteiger partial charge on any atom is -0.505 e. The molecule has 2 aromatic heterocycles. The van der Waals surface area contributed by atoms with Gasteiger partial charge in [0.15, 0.2) is 17.0 Å². The second kappa shape index (κ2) is 6.60. The minimum absolute atomic E-state index is 0.171. The maximum absolute atomic E-state index is 13.9. The van der Waals surface area contributed by atoms with Gasteiger partial charge in [0.2, 0.25) is 0 Å². The quantitative estimate of drug-likeness (QED) is 0.535. The number of hydrogen-bond donors (Lipinski definition) is 1. The fourth-order valence-electron chi connectivity index (χ4n) is 3.74. The first-order valence-corrected chi connectivity index (χ1v) is 9.40. The lowest BCUT2D eigenvalue weighted by Crippen LogP contribution is -2.16. The Morgan fingerprint density at radius 1 is 1.10 bits per heavy atom. The first-order valence-electron chi connectivity index (χ1n) is 9.03. The van der Waals surface area contributed by atoms with Crippen LogP contribution in [0, 0.1) is 5.82 Å². The Morgan fingerprint density at radius 2 is 1.97 bits per heavy atom. The number of aromatic hydroxyl groups is 1. The van der Waals surface area contributed by atoms with Crippen LogP contribution >= 0.6 is 11.6 Å². The average Bonchev–Trinajstić information content (AvgIpc) is 3.14. The van der Waals surface area contributed by atoms with Gasteiger partial charge in [-0.2, -0.15) is 0 Å². The SMILES string of the molecule is O=c1ccn(-c2ccc(O)c(F)c2)c2cc(N3Cc4cccnc4C3)c(Cl)cc12. The summed E-state index contributed by atoms with van der Waals surface area (Å²) in [5.41, 5.74) is 3.83. The molecule has 7 heteroatoms. The number of benzene rings is 2. The van der Waals surface area contributed by atoms with Crippen molar-refractivity contribution >= 4 is 28.2 Å². The van der Waals surface area contributed by atoms with Gasteiger partial charge in [-0.25, -0.2) is 4.39 Å². The molecule has 5 rings (SSSR count). The lowest BCUT2D eigenvalue weighted by Gasteiger charge is -2.21. The lowest BCUT2D eigenvalue weighted by atomic mass is 10.1. The first kappa shape index (κ1) is 17.7. The molecule has 5 nitrogen and oxygen atoms in total. The van der Waals surface area contributed by atoms with Crippen LogP contribution in [-0.2, 0) is 13.1 Å². The fraction of sp³-hybridized carbons (Fsp3) is 0.0909. The van der Waals surface area contributed by atoms with Gasteiger partial charge in [0.05, 0.1) is 28.5 Å². The van der Waals surface area contributed by atoms with Crippen molar-refractivity contribution in [2.24, 2.45) is 0 Å². The summed E-state index contributed by atoms with van der Waals surface area (Å²) in [6, 6.07) is 12.9. The maximum Gasteiger partial charge on any atom is 0.189 e. The molecule has 1 aliphatic heterocycles. The normalized spacial score (nSPS) is 13.1. The van der Waals surface area contributed by atoms with Crippen LogP contribution in [0.4, 0.5) is 10.1 Å². The highest BCUT2D eigenvalue weighted by Crippen LogP contribution is 2.35. The summed E-state index contributed by atoms with van der Waals surface area (Å²) in [6.45, 7) is 1.28. The molecule has 1 N–H and O–H groups in total. The van der Waals surface area contributed by atoms with E-state index in [-0.39, 0.29) is 5.43 Å². The van der Waals surface area contributed by atoms with Gasteiger partial charge in [-0.15, -0.1) is 0 Å². The summed E-state index contributed by atoms with van der Waals surface area (Å²) in [7, 11) is 0. The summed E-state index contributed by atoms with van der Waals surface area (Å²) >= 11 is 6.54. The van der Waals surface area contributed by atoms with E-state index in [1.54, 1.807) is 29.1 Å². The van der Waals surface area contributed by atoms with Gasteiger partial charge in [0.1, 0.15) is 0 Å². The number of phenols is 1. The second-order valence-electron chi connectivity index (χ2n) is 6.97. The van der Waals surface area contributed by atoms with E-state index in [0.717, 1.165) is 16.9 Å². The van der Waals surface area contributed by atoms with E-state index in [2.05, 4.69) is 9.88 Å². The van der Waals surface area contributed by atoms with Crippen LogP contribution in [0.2, 0.25) is 5.02 Å². The number of pyridine rings is 2. The van der Waals surface area contributed by atoms with Gasteiger partial charge in [0.25, 0.3) is 0 Å². The molecule has 0 radical (unpaired) electrons. The fourth-order valence-corrected chi connectivity index (χ4v) is 4.03. The molecule has 0 saturated carbocycles. The van der Waals surface area contributed by atoms with Crippen molar-refractivity contribution < 1.29 is 9.50 Å². The number of hydrogen-bond acceptors (Lipinski definition) is 4. The zero-order chi connectivity index (χ0) is 20.1. The van der Waals surface area contributed by atoms with Crippen LogP contribution in [0.15, 0.2) is 65.7 Å². The first-order chi connectivity index (χ1) is 14.0. The lowest BCUT2D eigenvalue weighted by molar-refractivity contribution is 0.432. The van der Waals surface area contributed by atoms with E-state index in [0.29, 0.717) is 34.7 Å². The number of anilines is 1. The third kappa shape index (κ3) is 2.93. The average molecular weight is 408 g/mol. The number of phenolic OH excluding ortho intramolecular Hbond substituents is 1. The summed E-state index contributed by atoms with van der Waals surface area (Å²) in [4.78, 5) is 19.0. The largest absolute Gasteiger partial charge is 0.505 e. The van der Waals surface area contributed by atoms with Crippen LogP contribution in [0.25, 0.3) is 16.6 Å². The number of rotatable bonds is 2. The number of nitrogens with zero attached hydrogens (tertiary/aromatic N) is 3. The third-order valence-corrected chi connectivity index (χ3v) is 5.50. The molecule has 1 aliphatic rings. The number of aromatic nitrogens is 2. The van der Waals surface area contributed by atoms with E-state index in [1.165, 1.54) is 18.2 Å². The molecule has 0 atom stereocenters. The van der Waals surface area contributed by atoms with Gasteiger partial charge in [-0.3, -0.25) is 9.78 Å². The van der Waals surface area contributed by atoms with Gasteiger partial charge < -0.3 is 14.6 Å². The minimum atomic E-state index is -0.732. The molecular weight excluding hydrogens is 393 g/mol. The van der Waals surface area contributed by atoms with Gasteiger partial charge in [-0.1, -0.05) is 17.7 Å². The smallest absolute Gasteiger partial charge is 0.189 e. The molecule has 0 aliphatic carbocycles. The van der Waals surface area contributed by atoms with Gasteiger partial charge >= 0.3 is 0 Å². The zero-order valence-corrected chi connectivity index (χ0v) is 15.9. The van der Waals surface area contributed by atoms with Crippen LogP contribution in [-0.4, -0.2) is 14.7 Å². The van der Waals surface area contributed by atoms with Crippen LogP contribution in [0.3, 0.4) is 0 Å². The van der Waals surface area contributed by atoms with Crippen LogP contribution in [0.1, 0.15) is 11.3 Å². The molecule has 4 aromatic rings. The summed E-state index contributed by atoms with van der Waals surface area (Å²) in [5, 5.41) is 10.4. The molecule has 144 valence electrons.